The van der Waals surface area contributed by atoms with E-state index in [0.717, 1.165) is 11.1 Å². The van der Waals surface area contributed by atoms with Gasteiger partial charge in [-0.2, -0.15) is 0 Å². The molecule has 0 aliphatic carbocycles. The zero-order valence-corrected chi connectivity index (χ0v) is 20.5. The van der Waals surface area contributed by atoms with Gasteiger partial charge in [0.05, 0.1) is 0 Å². The van der Waals surface area contributed by atoms with Gasteiger partial charge >= 0.3 is 0 Å². The van der Waals surface area contributed by atoms with Crippen molar-refractivity contribution in [1.29, 1.82) is 0 Å². The standard InChI is InChI=1S/C27H37FN2O2/c1-19(25(32)29-27(5,6)7)30(18-21-10-15-23(28)16-11-21)24(31)17-12-20-8-13-22(14-9-20)26(2,3)4/h8-11,13-16,19H,12,17-18H2,1-7H3,(H,29,32)/t19-/m0/s1. The Morgan fingerprint density at radius 1 is 0.906 bits per heavy atom. The van der Waals surface area contributed by atoms with Gasteiger partial charge in [-0.3, -0.25) is 9.59 Å². The quantitative estimate of drug-likeness (QED) is 0.628. The van der Waals surface area contributed by atoms with E-state index in [0.29, 0.717) is 12.8 Å². The van der Waals surface area contributed by atoms with Gasteiger partial charge in [0.25, 0.3) is 0 Å². The highest BCUT2D eigenvalue weighted by molar-refractivity contribution is 5.87. The van der Waals surface area contributed by atoms with Crippen LogP contribution in [0.4, 0.5) is 4.39 Å². The molecule has 0 radical (unpaired) electrons. The van der Waals surface area contributed by atoms with E-state index in [1.165, 1.54) is 17.7 Å². The maximum absolute atomic E-state index is 13.3. The number of aryl methyl sites for hydroxylation is 1. The highest BCUT2D eigenvalue weighted by Crippen LogP contribution is 2.23. The molecule has 0 aliphatic rings. The Kier molecular flexibility index (Phi) is 8.22. The van der Waals surface area contributed by atoms with Gasteiger partial charge in [0.15, 0.2) is 0 Å². The first kappa shape index (κ1) is 25.6. The molecule has 0 aromatic heterocycles. The van der Waals surface area contributed by atoms with Gasteiger partial charge in [-0.15, -0.1) is 0 Å². The number of halogens is 1. The molecule has 0 bridgehead atoms. The van der Waals surface area contributed by atoms with E-state index >= 15 is 0 Å². The number of hydrogen-bond donors (Lipinski definition) is 1. The summed E-state index contributed by atoms with van der Waals surface area (Å²) < 4.78 is 13.3. The first-order valence-corrected chi connectivity index (χ1v) is 11.2. The largest absolute Gasteiger partial charge is 0.350 e. The molecule has 2 aromatic rings. The summed E-state index contributed by atoms with van der Waals surface area (Å²) in [6.07, 6.45) is 0.889. The number of amides is 2. The molecule has 1 atom stereocenters. The van der Waals surface area contributed by atoms with Crippen LogP contribution in [-0.4, -0.2) is 28.3 Å². The molecule has 0 saturated carbocycles. The third kappa shape index (κ3) is 7.77. The van der Waals surface area contributed by atoms with E-state index in [1.54, 1.807) is 24.0 Å². The van der Waals surface area contributed by atoms with Crippen molar-refractivity contribution in [3.63, 3.8) is 0 Å². The number of rotatable bonds is 7. The monoisotopic (exact) mass is 440 g/mol. The highest BCUT2D eigenvalue weighted by Gasteiger charge is 2.28. The number of benzene rings is 2. The Bertz CT molecular complexity index is 907. The number of nitrogens with one attached hydrogen (secondary N) is 1. The van der Waals surface area contributed by atoms with Crippen molar-refractivity contribution < 1.29 is 14.0 Å². The van der Waals surface area contributed by atoms with Crippen LogP contribution < -0.4 is 5.32 Å². The van der Waals surface area contributed by atoms with Crippen LogP contribution in [0.25, 0.3) is 0 Å². The first-order chi connectivity index (χ1) is 14.8. The Balaban J connectivity index is 2.15. The number of carbonyl (C=O) groups is 2. The summed E-state index contributed by atoms with van der Waals surface area (Å²) in [5.74, 6) is -0.642. The normalized spacial score (nSPS) is 12.9. The van der Waals surface area contributed by atoms with E-state index in [1.807, 2.05) is 20.8 Å². The Morgan fingerprint density at radius 3 is 1.94 bits per heavy atom. The molecule has 0 aliphatic heterocycles. The zero-order valence-electron chi connectivity index (χ0n) is 20.5. The molecular formula is C27H37FN2O2. The molecule has 0 spiro atoms. The van der Waals surface area contributed by atoms with Gasteiger partial charge in [0.1, 0.15) is 11.9 Å². The van der Waals surface area contributed by atoms with E-state index < -0.39 is 11.6 Å². The van der Waals surface area contributed by atoms with Crippen LogP contribution >= 0.6 is 0 Å². The summed E-state index contributed by atoms with van der Waals surface area (Å²) >= 11 is 0. The lowest BCUT2D eigenvalue weighted by Gasteiger charge is -2.31. The summed E-state index contributed by atoms with van der Waals surface area (Å²) in [4.78, 5) is 27.6. The average Bonchev–Trinajstić information content (AvgIpc) is 2.69. The predicted molar refractivity (Wildman–Crippen MR) is 128 cm³/mol. The van der Waals surface area contributed by atoms with E-state index in [-0.39, 0.29) is 29.6 Å². The fraction of sp³-hybridized carbons (Fsp3) is 0.481. The van der Waals surface area contributed by atoms with Crippen LogP contribution in [-0.2, 0) is 28.0 Å². The van der Waals surface area contributed by atoms with Crippen LogP contribution in [0.3, 0.4) is 0 Å². The molecule has 1 N–H and O–H groups in total. The fourth-order valence-electron chi connectivity index (χ4n) is 3.41. The zero-order chi connectivity index (χ0) is 24.1. The number of nitrogens with zero attached hydrogens (tertiary/aromatic N) is 1. The summed E-state index contributed by atoms with van der Waals surface area (Å²) in [6, 6.07) is 13.7. The second-order valence-electron chi connectivity index (χ2n) is 10.5. The second-order valence-corrected chi connectivity index (χ2v) is 10.5. The van der Waals surface area contributed by atoms with E-state index in [2.05, 4.69) is 50.4 Å². The van der Waals surface area contributed by atoms with Crippen molar-refractivity contribution in [3.05, 3.63) is 71.0 Å². The average molecular weight is 441 g/mol. The fourth-order valence-corrected chi connectivity index (χ4v) is 3.41. The van der Waals surface area contributed by atoms with E-state index in [4.69, 9.17) is 0 Å². The van der Waals surface area contributed by atoms with Crippen molar-refractivity contribution in [3.8, 4) is 0 Å². The SMILES string of the molecule is C[C@@H](C(=O)NC(C)(C)C)N(Cc1ccc(F)cc1)C(=O)CCc1ccc(C(C)(C)C)cc1. The molecule has 2 aromatic carbocycles. The summed E-state index contributed by atoms with van der Waals surface area (Å²) in [6.45, 7) is 14.2. The molecular weight excluding hydrogens is 403 g/mol. The van der Waals surface area contributed by atoms with Gasteiger partial charge < -0.3 is 10.2 Å². The highest BCUT2D eigenvalue weighted by atomic mass is 19.1. The Hall–Kier alpha value is -2.69. The molecule has 5 heteroatoms. The molecule has 0 heterocycles. The van der Waals surface area contributed by atoms with Gasteiger partial charge in [-0.05, 0) is 68.4 Å². The first-order valence-electron chi connectivity index (χ1n) is 11.2. The lowest BCUT2D eigenvalue weighted by atomic mass is 9.86. The Morgan fingerprint density at radius 2 is 1.44 bits per heavy atom. The van der Waals surface area contributed by atoms with Crippen LogP contribution in [0.2, 0.25) is 0 Å². The van der Waals surface area contributed by atoms with Crippen LogP contribution in [0.5, 0.6) is 0 Å². The molecule has 0 saturated heterocycles. The predicted octanol–water partition coefficient (Wildman–Crippen LogP) is 5.39. The minimum Gasteiger partial charge on any atom is -0.350 e. The number of carbonyl (C=O) groups excluding carboxylic acids is 2. The molecule has 0 unspecified atom stereocenters. The second kappa shape index (κ2) is 10.3. The van der Waals surface area contributed by atoms with Crippen molar-refractivity contribution in [2.24, 2.45) is 0 Å². The van der Waals surface area contributed by atoms with Gasteiger partial charge in [-0.1, -0.05) is 57.2 Å². The Labute approximate surface area is 192 Å². The topological polar surface area (TPSA) is 49.4 Å². The molecule has 2 amide bonds. The third-order valence-electron chi connectivity index (χ3n) is 5.38. The van der Waals surface area contributed by atoms with Gasteiger partial charge in [0, 0.05) is 18.5 Å². The maximum atomic E-state index is 13.3. The molecule has 174 valence electrons. The minimum atomic E-state index is -0.643. The summed E-state index contributed by atoms with van der Waals surface area (Å²) in [7, 11) is 0. The molecule has 4 nitrogen and oxygen atoms in total. The third-order valence-corrected chi connectivity index (χ3v) is 5.38. The van der Waals surface area contributed by atoms with Crippen molar-refractivity contribution >= 4 is 11.8 Å². The van der Waals surface area contributed by atoms with Crippen LogP contribution in [0.15, 0.2) is 48.5 Å². The number of hydrogen-bond acceptors (Lipinski definition) is 2. The van der Waals surface area contributed by atoms with Crippen molar-refractivity contribution in [2.75, 3.05) is 0 Å². The lowest BCUT2D eigenvalue weighted by molar-refractivity contribution is -0.141. The molecule has 0 fully saturated rings. The van der Waals surface area contributed by atoms with Gasteiger partial charge in [-0.25, -0.2) is 4.39 Å². The molecule has 2 rings (SSSR count). The van der Waals surface area contributed by atoms with Crippen molar-refractivity contribution in [1.82, 2.24) is 10.2 Å². The van der Waals surface area contributed by atoms with Gasteiger partial charge in [0.2, 0.25) is 11.8 Å². The van der Waals surface area contributed by atoms with E-state index in [9.17, 15) is 14.0 Å². The van der Waals surface area contributed by atoms with Crippen LogP contribution in [0.1, 0.15) is 71.6 Å². The molecule has 32 heavy (non-hydrogen) atoms. The van der Waals surface area contributed by atoms with Crippen LogP contribution in [0, 0.1) is 5.82 Å². The maximum Gasteiger partial charge on any atom is 0.242 e. The summed E-state index contributed by atoms with van der Waals surface area (Å²) in [5.41, 5.74) is 2.79. The lowest BCUT2D eigenvalue weighted by Crippen LogP contribution is -2.52. The smallest absolute Gasteiger partial charge is 0.242 e. The summed E-state index contributed by atoms with van der Waals surface area (Å²) in [5, 5.41) is 2.95. The minimum absolute atomic E-state index is 0.0795. The van der Waals surface area contributed by atoms with Crippen molar-refractivity contribution in [2.45, 2.75) is 84.8 Å².